The van der Waals surface area contributed by atoms with Gasteiger partial charge in [-0.2, -0.15) is 0 Å². The van der Waals surface area contributed by atoms with Crippen molar-refractivity contribution in [3.05, 3.63) is 35.9 Å². The van der Waals surface area contributed by atoms with Crippen molar-refractivity contribution in [1.82, 2.24) is 5.32 Å². The van der Waals surface area contributed by atoms with Crippen LogP contribution in [0.5, 0.6) is 0 Å². The Hall–Kier alpha value is -1.56. The lowest BCUT2D eigenvalue weighted by Crippen LogP contribution is -2.38. The molecule has 1 amide bonds. The Kier molecular flexibility index (Phi) is 9.84. The van der Waals surface area contributed by atoms with Crippen LogP contribution in [0.3, 0.4) is 0 Å². The monoisotopic (exact) mass is 441 g/mol. The van der Waals surface area contributed by atoms with Crippen LogP contribution in [0.25, 0.3) is 0 Å². The third-order valence-electron chi connectivity index (χ3n) is 4.06. The number of carbonyl (C=O) groups is 2. The molecule has 0 saturated heterocycles. The number of carbonyl (C=O) groups excluding carboxylic acids is 2. The van der Waals surface area contributed by atoms with Crippen molar-refractivity contribution in [2.24, 2.45) is 5.92 Å². The maximum Gasteiger partial charge on any atom is 0.407 e. The molecule has 1 N–H and O–H groups in total. The molecule has 0 aromatic heterocycles. The fraction of sp³-hybridized carbons (Fsp3) is 0.619. The van der Waals surface area contributed by atoms with E-state index in [1.54, 1.807) is 0 Å². The molecule has 0 radical (unpaired) electrons. The molecule has 1 aromatic rings. The summed E-state index contributed by atoms with van der Waals surface area (Å²) in [5.74, 6) is -0.116. The molecule has 0 spiro atoms. The van der Waals surface area contributed by atoms with E-state index in [9.17, 15) is 9.59 Å². The van der Waals surface area contributed by atoms with E-state index in [0.717, 1.165) is 24.8 Å². The summed E-state index contributed by atoms with van der Waals surface area (Å²) in [5.41, 5.74) is 0.452. The van der Waals surface area contributed by atoms with E-state index in [1.807, 2.05) is 65.0 Å². The van der Waals surface area contributed by atoms with Crippen LogP contribution in [0, 0.1) is 5.92 Å². The fourth-order valence-electron chi connectivity index (χ4n) is 2.89. The van der Waals surface area contributed by atoms with Crippen LogP contribution >= 0.6 is 15.9 Å². The smallest absolute Gasteiger partial charge is 0.407 e. The molecule has 1 saturated carbocycles. The van der Waals surface area contributed by atoms with Gasteiger partial charge in [-0.15, -0.1) is 0 Å². The second-order valence-corrected chi connectivity index (χ2v) is 8.40. The molecule has 0 aliphatic heterocycles. The number of ether oxygens (including phenoxy) is 2. The van der Waals surface area contributed by atoms with Crippen molar-refractivity contribution >= 4 is 28.0 Å². The van der Waals surface area contributed by atoms with Gasteiger partial charge >= 0.3 is 12.1 Å². The molecular weight excluding hydrogens is 410 g/mol. The molecule has 5 nitrogen and oxygen atoms in total. The molecule has 1 fully saturated rings. The predicted molar refractivity (Wildman–Crippen MR) is 111 cm³/mol. The first kappa shape index (κ1) is 23.5. The Bertz CT molecular complexity index is 586. The molecule has 0 heterocycles. The van der Waals surface area contributed by atoms with Crippen molar-refractivity contribution in [3.8, 4) is 0 Å². The number of esters is 1. The Labute approximate surface area is 171 Å². The number of hydrogen-bond donors (Lipinski definition) is 1. The fourth-order valence-corrected chi connectivity index (χ4v) is 3.50. The van der Waals surface area contributed by atoms with Gasteiger partial charge in [0, 0.05) is 6.04 Å². The van der Waals surface area contributed by atoms with Gasteiger partial charge in [-0.3, -0.25) is 4.79 Å². The van der Waals surface area contributed by atoms with E-state index < -0.39 is 11.7 Å². The lowest BCUT2D eigenvalue weighted by molar-refractivity contribution is -0.145. The largest absolute Gasteiger partial charge is 0.460 e. The lowest BCUT2D eigenvalue weighted by Gasteiger charge is -2.22. The molecule has 6 heteroatoms. The molecule has 1 aliphatic carbocycles. The summed E-state index contributed by atoms with van der Waals surface area (Å²) < 4.78 is 10.7. The minimum Gasteiger partial charge on any atom is -0.460 e. The number of halogens is 1. The normalized spacial score (nSPS) is 20.1. The number of alkyl carbamates (subject to hydrolysis) is 1. The maximum atomic E-state index is 12.2. The Balaban J connectivity index is 0.00000176. The van der Waals surface area contributed by atoms with Crippen molar-refractivity contribution in [3.63, 3.8) is 0 Å². The summed E-state index contributed by atoms with van der Waals surface area (Å²) >= 11 is 3.47. The minimum atomic E-state index is -0.513. The van der Waals surface area contributed by atoms with Gasteiger partial charge in [0.05, 0.1) is 0 Å². The molecule has 152 valence electrons. The average Bonchev–Trinajstić information content (AvgIpc) is 3.08. The van der Waals surface area contributed by atoms with Gasteiger partial charge in [-0.1, -0.05) is 60.1 Å². The number of rotatable bonds is 5. The first-order chi connectivity index (χ1) is 12.7. The number of alkyl halides is 1. The first-order valence-corrected chi connectivity index (χ1v) is 10.5. The van der Waals surface area contributed by atoms with Gasteiger partial charge in [0.1, 0.15) is 17.0 Å². The molecule has 3 atom stereocenters. The maximum absolute atomic E-state index is 12.2. The van der Waals surface area contributed by atoms with Crippen LogP contribution in [0.15, 0.2) is 30.3 Å². The standard InChI is InChI=1S/C19H26BrNO4.C2H6/c1-19(2,3)25-18(23)21-15-10-9-14(11-15)16(20)17(22)24-12-13-7-5-4-6-8-13;1-2/h4-8,14-16H,9-12H2,1-3H3,(H,21,23);1-2H3/t14?,15-,16?;/m0./s1. The average molecular weight is 442 g/mol. The Morgan fingerprint density at radius 1 is 1.19 bits per heavy atom. The van der Waals surface area contributed by atoms with Gasteiger partial charge in [0.2, 0.25) is 0 Å². The quantitative estimate of drug-likeness (QED) is 0.502. The van der Waals surface area contributed by atoms with Gasteiger partial charge in [0.25, 0.3) is 0 Å². The predicted octanol–water partition coefficient (Wildman–Crippen LogP) is 5.21. The second kappa shape index (κ2) is 11.3. The van der Waals surface area contributed by atoms with Crippen molar-refractivity contribution in [2.75, 3.05) is 0 Å². The topological polar surface area (TPSA) is 64.6 Å². The highest BCUT2D eigenvalue weighted by atomic mass is 79.9. The van der Waals surface area contributed by atoms with Crippen LogP contribution in [0.1, 0.15) is 59.4 Å². The lowest BCUT2D eigenvalue weighted by atomic mass is 10.0. The molecule has 1 aromatic carbocycles. The van der Waals surface area contributed by atoms with Crippen LogP contribution in [0.2, 0.25) is 0 Å². The van der Waals surface area contributed by atoms with E-state index in [-0.39, 0.29) is 29.4 Å². The summed E-state index contributed by atoms with van der Waals surface area (Å²) in [5, 5.41) is 2.88. The van der Waals surface area contributed by atoms with E-state index >= 15 is 0 Å². The molecule has 1 aliphatic rings. The van der Waals surface area contributed by atoms with Crippen LogP contribution in [-0.2, 0) is 20.9 Å². The molecule has 27 heavy (non-hydrogen) atoms. The molecule has 2 rings (SSSR count). The van der Waals surface area contributed by atoms with Gasteiger partial charge in [-0.05, 0) is 51.5 Å². The van der Waals surface area contributed by atoms with E-state index in [0.29, 0.717) is 0 Å². The molecular formula is C21H32BrNO4. The molecule has 2 unspecified atom stereocenters. The van der Waals surface area contributed by atoms with Gasteiger partial charge < -0.3 is 14.8 Å². The highest BCUT2D eigenvalue weighted by molar-refractivity contribution is 9.10. The van der Waals surface area contributed by atoms with Crippen LogP contribution < -0.4 is 5.32 Å². The molecule has 0 bridgehead atoms. The summed E-state index contributed by atoms with van der Waals surface area (Å²) in [6.45, 7) is 9.78. The zero-order valence-electron chi connectivity index (χ0n) is 17.0. The Morgan fingerprint density at radius 3 is 2.41 bits per heavy atom. The summed E-state index contributed by atoms with van der Waals surface area (Å²) in [4.78, 5) is 23.7. The van der Waals surface area contributed by atoms with E-state index in [1.165, 1.54) is 0 Å². The summed E-state index contributed by atoms with van der Waals surface area (Å²) in [6, 6.07) is 9.63. The first-order valence-electron chi connectivity index (χ1n) is 9.59. The van der Waals surface area contributed by atoms with Crippen molar-refractivity contribution < 1.29 is 19.1 Å². The zero-order chi connectivity index (χ0) is 20.4. The van der Waals surface area contributed by atoms with Crippen LogP contribution in [-0.4, -0.2) is 28.5 Å². The SMILES string of the molecule is CC.CC(C)(C)OC(=O)N[C@H]1CCC(C(Br)C(=O)OCc2ccccc2)C1. The van der Waals surface area contributed by atoms with E-state index in [4.69, 9.17) is 9.47 Å². The van der Waals surface area contributed by atoms with Crippen molar-refractivity contribution in [1.29, 1.82) is 0 Å². The third kappa shape index (κ3) is 8.78. The number of amides is 1. The highest BCUT2D eigenvalue weighted by Crippen LogP contribution is 2.33. The van der Waals surface area contributed by atoms with Gasteiger partial charge in [0.15, 0.2) is 0 Å². The number of hydrogen-bond acceptors (Lipinski definition) is 4. The van der Waals surface area contributed by atoms with Gasteiger partial charge in [-0.25, -0.2) is 4.79 Å². The summed E-state index contributed by atoms with van der Waals surface area (Å²) in [7, 11) is 0. The van der Waals surface area contributed by atoms with Crippen LogP contribution in [0.4, 0.5) is 4.79 Å². The second-order valence-electron chi connectivity index (χ2n) is 7.41. The number of benzene rings is 1. The van der Waals surface area contributed by atoms with E-state index in [2.05, 4.69) is 21.2 Å². The number of nitrogens with one attached hydrogen (secondary N) is 1. The third-order valence-corrected chi connectivity index (χ3v) is 5.18. The summed E-state index contributed by atoms with van der Waals surface area (Å²) in [6.07, 6.45) is 2.01. The highest BCUT2D eigenvalue weighted by Gasteiger charge is 2.35. The zero-order valence-corrected chi connectivity index (χ0v) is 18.5. The Morgan fingerprint density at radius 2 is 1.81 bits per heavy atom. The van der Waals surface area contributed by atoms with Crippen molar-refractivity contribution in [2.45, 2.75) is 77.0 Å². The minimum absolute atomic E-state index is 0.0295.